The minimum Gasteiger partial charge on any atom is -0.487 e. The topological polar surface area (TPSA) is 65.4 Å². The van der Waals surface area contributed by atoms with Gasteiger partial charge >= 0.3 is 0 Å². The van der Waals surface area contributed by atoms with Crippen molar-refractivity contribution in [3.8, 4) is 5.75 Å². The van der Waals surface area contributed by atoms with Crippen LogP contribution >= 0.6 is 0 Å². The Bertz CT molecular complexity index is 852. The van der Waals surface area contributed by atoms with E-state index in [1.165, 1.54) is 0 Å². The highest BCUT2D eigenvalue weighted by atomic mass is 16.5. The first-order valence-corrected chi connectivity index (χ1v) is 9.63. The second kappa shape index (κ2) is 7.00. The number of nitrogens with one attached hydrogen (secondary N) is 1. The molecule has 0 saturated carbocycles. The maximum atomic E-state index is 12.8. The van der Waals surface area contributed by atoms with Gasteiger partial charge in [0.15, 0.2) is 0 Å². The molecule has 144 valence electrons. The number of nitrogens with zero attached hydrogens (tertiary/aromatic N) is 2. The Kier molecular flexibility index (Phi) is 4.68. The minimum atomic E-state index is -0.251. The van der Waals surface area contributed by atoms with Gasteiger partial charge in [-0.25, -0.2) is 0 Å². The van der Waals surface area contributed by atoms with Crippen LogP contribution in [0.5, 0.6) is 5.75 Å². The minimum absolute atomic E-state index is 0.0236. The number of aryl methyl sites for hydroxylation is 1. The van der Waals surface area contributed by atoms with Crippen molar-refractivity contribution in [1.82, 2.24) is 15.1 Å². The van der Waals surface area contributed by atoms with Gasteiger partial charge in [-0.05, 0) is 32.4 Å². The van der Waals surface area contributed by atoms with Gasteiger partial charge in [-0.3, -0.25) is 9.48 Å². The fourth-order valence-electron chi connectivity index (χ4n) is 4.11. The zero-order chi connectivity index (χ0) is 19.0. The van der Waals surface area contributed by atoms with Gasteiger partial charge in [0.2, 0.25) is 5.91 Å². The molecule has 3 heterocycles. The molecule has 6 heteroatoms. The van der Waals surface area contributed by atoms with Crippen LogP contribution in [0.1, 0.15) is 47.8 Å². The van der Waals surface area contributed by atoms with Crippen molar-refractivity contribution in [2.75, 3.05) is 13.2 Å². The predicted octanol–water partition coefficient (Wildman–Crippen LogP) is 3.00. The summed E-state index contributed by atoms with van der Waals surface area (Å²) in [5, 5.41) is 7.72. The summed E-state index contributed by atoms with van der Waals surface area (Å²) in [6, 6.07) is 7.95. The molecular formula is C21H27N3O3. The summed E-state index contributed by atoms with van der Waals surface area (Å²) in [6.45, 7) is 7.65. The van der Waals surface area contributed by atoms with Crippen LogP contribution in [0.25, 0.3) is 0 Å². The Balaban J connectivity index is 1.54. The Labute approximate surface area is 159 Å². The van der Waals surface area contributed by atoms with Crippen LogP contribution in [-0.2, 0) is 16.1 Å². The van der Waals surface area contributed by atoms with Gasteiger partial charge in [-0.1, -0.05) is 18.2 Å². The average molecular weight is 369 g/mol. The Morgan fingerprint density at radius 1 is 1.26 bits per heavy atom. The van der Waals surface area contributed by atoms with Crippen molar-refractivity contribution >= 4 is 5.91 Å². The standard InChI is InChI=1S/C21H27N3O3/c1-14-15(2)23-24(16(14)3)13-20(25)22-18-12-21(8-10-26-11-9-21)27-19-7-5-4-6-17(18)19/h4-7,18H,8-13H2,1-3H3,(H,22,25)/t18-/m1/s1. The number of carbonyl (C=O) groups excluding carboxylic acids is 1. The molecule has 0 radical (unpaired) electrons. The molecule has 1 fully saturated rings. The SMILES string of the molecule is Cc1nn(CC(=O)N[C@@H]2CC3(CCOCC3)Oc3ccccc32)c(C)c1C. The number of benzene rings is 1. The normalized spacial score (nSPS) is 20.8. The van der Waals surface area contributed by atoms with Gasteiger partial charge in [0.25, 0.3) is 0 Å². The highest BCUT2D eigenvalue weighted by molar-refractivity contribution is 5.76. The van der Waals surface area contributed by atoms with Crippen LogP contribution < -0.4 is 10.1 Å². The Morgan fingerprint density at radius 3 is 2.70 bits per heavy atom. The maximum absolute atomic E-state index is 12.8. The van der Waals surface area contributed by atoms with Gasteiger partial charge in [-0.15, -0.1) is 0 Å². The maximum Gasteiger partial charge on any atom is 0.242 e. The lowest BCUT2D eigenvalue weighted by Gasteiger charge is -2.44. The number of hydrogen-bond donors (Lipinski definition) is 1. The smallest absolute Gasteiger partial charge is 0.242 e. The molecule has 0 aliphatic carbocycles. The Hall–Kier alpha value is -2.34. The zero-order valence-electron chi connectivity index (χ0n) is 16.2. The van der Waals surface area contributed by atoms with Crippen LogP contribution in [0.3, 0.4) is 0 Å². The third-order valence-electron chi connectivity index (χ3n) is 5.97. The lowest BCUT2D eigenvalue weighted by Crippen LogP contribution is -2.49. The summed E-state index contributed by atoms with van der Waals surface area (Å²) in [4.78, 5) is 12.8. The molecule has 1 spiro atoms. The van der Waals surface area contributed by atoms with E-state index in [0.29, 0.717) is 13.2 Å². The molecule has 1 N–H and O–H groups in total. The summed E-state index contributed by atoms with van der Waals surface area (Å²) < 4.78 is 13.7. The van der Waals surface area contributed by atoms with Crippen molar-refractivity contribution in [2.45, 2.75) is 58.2 Å². The third-order valence-corrected chi connectivity index (χ3v) is 5.97. The van der Waals surface area contributed by atoms with Crippen LogP contribution in [0.15, 0.2) is 24.3 Å². The molecule has 1 amide bonds. The number of hydrogen-bond acceptors (Lipinski definition) is 4. The van der Waals surface area contributed by atoms with Gasteiger partial charge in [0.05, 0.1) is 24.9 Å². The van der Waals surface area contributed by atoms with E-state index in [9.17, 15) is 4.79 Å². The van der Waals surface area contributed by atoms with Crippen molar-refractivity contribution in [2.24, 2.45) is 0 Å². The van der Waals surface area contributed by atoms with Crippen LogP contribution in [0.4, 0.5) is 0 Å². The first-order valence-electron chi connectivity index (χ1n) is 9.63. The quantitative estimate of drug-likeness (QED) is 0.903. The zero-order valence-corrected chi connectivity index (χ0v) is 16.2. The van der Waals surface area contributed by atoms with E-state index in [1.807, 2.05) is 45.0 Å². The predicted molar refractivity (Wildman–Crippen MR) is 102 cm³/mol. The monoisotopic (exact) mass is 369 g/mol. The van der Waals surface area contributed by atoms with Gasteiger partial charge in [0, 0.05) is 30.5 Å². The highest BCUT2D eigenvalue weighted by Gasteiger charge is 2.42. The van der Waals surface area contributed by atoms with E-state index in [0.717, 1.165) is 47.5 Å². The fourth-order valence-corrected chi connectivity index (χ4v) is 4.11. The van der Waals surface area contributed by atoms with E-state index in [-0.39, 0.29) is 24.1 Å². The number of ether oxygens (including phenoxy) is 2. The first-order chi connectivity index (χ1) is 13.0. The molecule has 2 aliphatic heterocycles. The largest absolute Gasteiger partial charge is 0.487 e. The second-order valence-electron chi connectivity index (χ2n) is 7.71. The van der Waals surface area contributed by atoms with Gasteiger partial charge < -0.3 is 14.8 Å². The molecule has 27 heavy (non-hydrogen) atoms. The van der Waals surface area contributed by atoms with Gasteiger partial charge in [-0.2, -0.15) is 5.10 Å². The molecular weight excluding hydrogens is 342 g/mol. The molecule has 6 nitrogen and oxygen atoms in total. The van der Waals surface area contributed by atoms with Crippen LogP contribution in [-0.4, -0.2) is 34.5 Å². The van der Waals surface area contributed by atoms with E-state index < -0.39 is 0 Å². The molecule has 2 aromatic rings. The lowest BCUT2D eigenvalue weighted by molar-refractivity contribution is -0.123. The number of aromatic nitrogens is 2. The van der Waals surface area contributed by atoms with E-state index in [4.69, 9.17) is 9.47 Å². The number of amides is 1. The van der Waals surface area contributed by atoms with E-state index in [1.54, 1.807) is 4.68 Å². The average Bonchev–Trinajstić information content (AvgIpc) is 2.89. The molecule has 1 saturated heterocycles. The van der Waals surface area contributed by atoms with E-state index >= 15 is 0 Å². The molecule has 4 rings (SSSR count). The molecule has 1 aromatic carbocycles. The summed E-state index contributed by atoms with van der Waals surface area (Å²) in [7, 11) is 0. The molecule has 1 aromatic heterocycles. The van der Waals surface area contributed by atoms with Gasteiger partial charge in [0.1, 0.15) is 17.9 Å². The van der Waals surface area contributed by atoms with Crippen molar-refractivity contribution in [3.05, 3.63) is 46.8 Å². The first kappa shape index (κ1) is 18.0. The summed E-state index contributed by atoms with van der Waals surface area (Å²) >= 11 is 0. The number of fused-ring (bicyclic) bond motifs is 1. The molecule has 0 bridgehead atoms. The highest BCUT2D eigenvalue weighted by Crippen LogP contribution is 2.43. The van der Waals surface area contributed by atoms with E-state index in [2.05, 4.69) is 10.4 Å². The second-order valence-corrected chi connectivity index (χ2v) is 7.71. The number of carbonyl (C=O) groups is 1. The molecule has 2 aliphatic rings. The number of para-hydroxylation sites is 1. The van der Waals surface area contributed by atoms with Crippen LogP contribution in [0.2, 0.25) is 0 Å². The lowest BCUT2D eigenvalue weighted by atomic mass is 9.82. The third kappa shape index (κ3) is 3.46. The fraction of sp³-hybridized carbons (Fsp3) is 0.524. The Morgan fingerprint density at radius 2 is 2.00 bits per heavy atom. The molecule has 0 unspecified atom stereocenters. The summed E-state index contributed by atoms with van der Waals surface area (Å²) in [6.07, 6.45) is 2.48. The van der Waals surface area contributed by atoms with Crippen LogP contribution in [0, 0.1) is 20.8 Å². The van der Waals surface area contributed by atoms with Crippen molar-refractivity contribution < 1.29 is 14.3 Å². The molecule has 1 atom stereocenters. The van der Waals surface area contributed by atoms with Crippen molar-refractivity contribution in [1.29, 1.82) is 0 Å². The summed E-state index contributed by atoms with van der Waals surface area (Å²) in [5.74, 6) is 0.849. The summed E-state index contributed by atoms with van der Waals surface area (Å²) in [5.41, 5.74) is 3.95. The number of rotatable bonds is 3. The van der Waals surface area contributed by atoms with Crippen molar-refractivity contribution in [3.63, 3.8) is 0 Å².